The van der Waals surface area contributed by atoms with E-state index in [-0.39, 0.29) is 0 Å². The fourth-order valence-electron chi connectivity index (χ4n) is 3.36. The van der Waals surface area contributed by atoms with E-state index in [9.17, 15) is 0 Å². The van der Waals surface area contributed by atoms with Gasteiger partial charge in [0, 0.05) is 38.8 Å². The van der Waals surface area contributed by atoms with Crippen LogP contribution >= 0.6 is 0 Å². The molecule has 0 unspecified atom stereocenters. The summed E-state index contributed by atoms with van der Waals surface area (Å²) in [5, 5.41) is 0. The molecule has 15 heavy (non-hydrogen) atoms. The van der Waals surface area contributed by atoms with Crippen molar-refractivity contribution in [2.45, 2.75) is 32.7 Å². The van der Waals surface area contributed by atoms with Gasteiger partial charge in [-0.1, -0.05) is 0 Å². The molecule has 0 aromatic heterocycles. The summed E-state index contributed by atoms with van der Waals surface area (Å²) < 4.78 is 0. The average Bonchev–Trinajstić information content (AvgIpc) is 2.72. The van der Waals surface area contributed by atoms with Crippen LogP contribution in [-0.2, 0) is 0 Å². The first-order chi connectivity index (χ1) is 7.22. The molecule has 2 heterocycles. The minimum Gasteiger partial charge on any atom is -0.302 e. The predicted molar refractivity (Wildman–Crippen MR) is 62.9 cm³/mol. The van der Waals surface area contributed by atoms with E-state index < -0.39 is 0 Å². The molecule has 2 heteroatoms. The molecule has 1 saturated carbocycles. The van der Waals surface area contributed by atoms with Crippen molar-refractivity contribution >= 4 is 0 Å². The predicted octanol–water partition coefficient (Wildman–Crippen LogP) is 1.67. The maximum Gasteiger partial charge on any atom is 0.00388 e. The van der Waals surface area contributed by atoms with Crippen molar-refractivity contribution in [3.63, 3.8) is 0 Å². The first-order valence-electron chi connectivity index (χ1n) is 6.69. The number of hydrogen-bond donors (Lipinski definition) is 0. The monoisotopic (exact) mass is 208 g/mol. The number of hydrogen-bond acceptors (Lipinski definition) is 2. The van der Waals surface area contributed by atoms with Gasteiger partial charge in [0.25, 0.3) is 0 Å². The highest BCUT2D eigenvalue weighted by molar-refractivity contribution is 4.95. The lowest BCUT2D eigenvalue weighted by atomic mass is 10.0. The topological polar surface area (TPSA) is 6.48 Å². The van der Waals surface area contributed by atoms with Crippen LogP contribution in [0.3, 0.4) is 0 Å². The Hall–Kier alpha value is -0.0800. The van der Waals surface area contributed by atoms with Crippen LogP contribution in [0.25, 0.3) is 0 Å². The normalized spacial score (nSPS) is 37.8. The quantitative estimate of drug-likeness (QED) is 0.696. The molecule has 2 saturated heterocycles. The molecule has 2 atom stereocenters. The summed E-state index contributed by atoms with van der Waals surface area (Å²) in [5.41, 5.74) is 0. The van der Waals surface area contributed by atoms with E-state index in [0.29, 0.717) is 0 Å². The van der Waals surface area contributed by atoms with E-state index in [2.05, 4.69) is 23.6 Å². The fourth-order valence-corrected chi connectivity index (χ4v) is 3.36. The van der Waals surface area contributed by atoms with Crippen LogP contribution in [0.4, 0.5) is 0 Å². The van der Waals surface area contributed by atoms with E-state index in [4.69, 9.17) is 0 Å². The molecule has 2 nitrogen and oxygen atoms in total. The fraction of sp³-hybridized carbons (Fsp3) is 1.00. The van der Waals surface area contributed by atoms with Gasteiger partial charge in [0.2, 0.25) is 0 Å². The molecule has 1 aliphatic carbocycles. The van der Waals surface area contributed by atoms with Crippen LogP contribution in [-0.4, -0.2) is 48.6 Å². The molecule has 3 aliphatic rings. The van der Waals surface area contributed by atoms with Crippen molar-refractivity contribution < 1.29 is 0 Å². The first-order valence-corrected chi connectivity index (χ1v) is 6.69. The van der Waals surface area contributed by atoms with E-state index in [1.165, 1.54) is 45.6 Å². The van der Waals surface area contributed by atoms with Crippen LogP contribution in [0.5, 0.6) is 0 Å². The highest BCUT2D eigenvalue weighted by Crippen LogP contribution is 2.36. The molecule has 3 rings (SSSR count). The lowest BCUT2D eigenvalue weighted by Gasteiger charge is -2.24. The molecule has 0 N–H and O–H groups in total. The SMILES string of the molecule is CC(C)N1C[C@H]2CN(CC3CC3)C[C@H]2C1. The van der Waals surface area contributed by atoms with Crippen molar-refractivity contribution in [3.05, 3.63) is 0 Å². The molecule has 0 aromatic carbocycles. The summed E-state index contributed by atoms with van der Waals surface area (Å²) in [7, 11) is 0. The second-order valence-electron chi connectivity index (χ2n) is 6.23. The van der Waals surface area contributed by atoms with Gasteiger partial charge >= 0.3 is 0 Å². The maximum absolute atomic E-state index is 2.74. The Morgan fingerprint density at radius 3 is 2.07 bits per heavy atom. The molecular weight excluding hydrogens is 184 g/mol. The van der Waals surface area contributed by atoms with E-state index >= 15 is 0 Å². The third-order valence-corrected chi connectivity index (χ3v) is 4.53. The molecule has 0 radical (unpaired) electrons. The zero-order chi connectivity index (χ0) is 10.4. The minimum absolute atomic E-state index is 0.757. The van der Waals surface area contributed by atoms with E-state index in [0.717, 1.165) is 23.8 Å². The van der Waals surface area contributed by atoms with Crippen molar-refractivity contribution in [2.75, 3.05) is 32.7 Å². The van der Waals surface area contributed by atoms with Gasteiger partial charge in [0.15, 0.2) is 0 Å². The summed E-state index contributed by atoms with van der Waals surface area (Å²) in [5.74, 6) is 3.06. The van der Waals surface area contributed by atoms with Gasteiger partial charge in [0.1, 0.15) is 0 Å². The highest BCUT2D eigenvalue weighted by atomic mass is 15.2. The lowest BCUT2D eigenvalue weighted by Crippen LogP contribution is -2.33. The first kappa shape index (κ1) is 10.1. The standard InChI is InChI=1S/C13H24N2/c1-10(2)15-8-12-6-14(5-11-3-4-11)7-13(12)9-15/h10-13H,3-9H2,1-2H3/t12-,13+. The average molecular weight is 208 g/mol. The molecule has 0 bridgehead atoms. The zero-order valence-electron chi connectivity index (χ0n) is 10.2. The Morgan fingerprint density at radius 1 is 1.00 bits per heavy atom. The Morgan fingerprint density at radius 2 is 1.60 bits per heavy atom. The van der Waals surface area contributed by atoms with Gasteiger partial charge in [-0.2, -0.15) is 0 Å². The molecule has 0 amide bonds. The van der Waals surface area contributed by atoms with Gasteiger partial charge in [0.05, 0.1) is 0 Å². The Kier molecular flexibility index (Phi) is 2.52. The Balaban J connectivity index is 1.52. The number of nitrogens with zero attached hydrogens (tertiary/aromatic N) is 2. The Labute approximate surface area is 93.6 Å². The minimum atomic E-state index is 0.757. The van der Waals surface area contributed by atoms with Crippen molar-refractivity contribution in [1.29, 1.82) is 0 Å². The van der Waals surface area contributed by atoms with Gasteiger partial charge in [-0.05, 0) is 44.4 Å². The summed E-state index contributed by atoms with van der Waals surface area (Å²) >= 11 is 0. The number of fused-ring (bicyclic) bond motifs is 1. The molecule has 2 aliphatic heterocycles. The van der Waals surface area contributed by atoms with Crippen LogP contribution in [0.2, 0.25) is 0 Å². The number of rotatable bonds is 3. The van der Waals surface area contributed by atoms with E-state index in [1.807, 2.05) is 0 Å². The van der Waals surface area contributed by atoms with Gasteiger partial charge in [-0.15, -0.1) is 0 Å². The summed E-state index contributed by atoms with van der Waals surface area (Å²) in [6.45, 7) is 11.6. The third-order valence-electron chi connectivity index (χ3n) is 4.53. The lowest BCUT2D eigenvalue weighted by molar-refractivity contribution is 0.220. The molecule has 3 fully saturated rings. The smallest absolute Gasteiger partial charge is 0.00388 e. The largest absolute Gasteiger partial charge is 0.302 e. The van der Waals surface area contributed by atoms with Crippen molar-refractivity contribution in [2.24, 2.45) is 17.8 Å². The maximum atomic E-state index is 2.74. The van der Waals surface area contributed by atoms with Crippen LogP contribution in [0, 0.1) is 17.8 Å². The zero-order valence-corrected chi connectivity index (χ0v) is 10.2. The van der Waals surface area contributed by atoms with Gasteiger partial charge in [-0.25, -0.2) is 0 Å². The summed E-state index contributed by atoms with van der Waals surface area (Å²) in [4.78, 5) is 5.41. The molecular formula is C13H24N2. The van der Waals surface area contributed by atoms with Crippen LogP contribution in [0.15, 0.2) is 0 Å². The number of likely N-dealkylation sites (tertiary alicyclic amines) is 2. The third kappa shape index (κ3) is 2.07. The van der Waals surface area contributed by atoms with Crippen molar-refractivity contribution in [3.8, 4) is 0 Å². The second kappa shape index (κ2) is 3.74. The summed E-state index contributed by atoms with van der Waals surface area (Å²) in [6, 6.07) is 0.757. The highest BCUT2D eigenvalue weighted by Gasteiger charge is 2.41. The van der Waals surface area contributed by atoms with Crippen LogP contribution in [0.1, 0.15) is 26.7 Å². The van der Waals surface area contributed by atoms with Gasteiger partial charge < -0.3 is 9.80 Å². The molecule has 0 spiro atoms. The molecule has 86 valence electrons. The van der Waals surface area contributed by atoms with Gasteiger partial charge in [-0.3, -0.25) is 0 Å². The van der Waals surface area contributed by atoms with E-state index in [1.54, 1.807) is 0 Å². The van der Waals surface area contributed by atoms with Crippen LogP contribution < -0.4 is 0 Å². The second-order valence-corrected chi connectivity index (χ2v) is 6.23. The Bertz CT molecular complexity index is 221. The molecule has 0 aromatic rings. The van der Waals surface area contributed by atoms with Crippen molar-refractivity contribution in [1.82, 2.24) is 9.80 Å². The summed E-state index contributed by atoms with van der Waals surface area (Å²) in [6.07, 6.45) is 3.01.